The monoisotopic (exact) mass is 357 g/mol. The van der Waals surface area contributed by atoms with E-state index in [0.717, 1.165) is 17.2 Å². The van der Waals surface area contributed by atoms with Crippen LogP contribution in [-0.4, -0.2) is 8.42 Å². The zero-order valence-electron chi connectivity index (χ0n) is 10.9. The summed E-state index contributed by atoms with van der Waals surface area (Å²) >= 11 is 2.99. The number of nitrogens with one attached hydrogen (secondary N) is 1. The van der Waals surface area contributed by atoms with E-state index in [1.807, 2.05) is 19.9 Å². The van der Waals surface area contributed by atoms with Crippen LogP contribution < -0.4 is 4.72 Å². The lowest BCUT2D eigenvalue weighted by molar-refractivity contribution is 0.593. The van der Waals surface area contributed by atoms with Crippen LogP contribution in [0.4, 0.5) is 10.1 Å². The fraction of sp³-hybridized carbons (Fsp3) is 0.143. The van der Waals surface area contributed by atoms with Gasteiger partial charge in [0.25, 0.3) is 10.0 Å². The number of anilines is 1. The molecule has 0 aliphatic heterocycles. The van der Waals surface area contributed by atoms with Gasteiger partial charge in [-0.05, 0) is 71.2 Å². The summed E-state index contributed by atoms with van der Waals surface area (Å²) in [7, 11) is -3.79. The number of sulfonamides is 1. The van der Waals surface area contributed by atoms with Crippen LogP contribution in [-0.2, 0) is 10.0 Å². The number of hydrogen-bond acceptors (Lipinski definition) is 2. The van der Waals surface area contributed by atoms with Crippen LogP contribution in [0.2, 0.25) is 0 Å². The van der Waals surface area contributed by atoms with Gasteiger partial charge in [0, 0.05) is 5.69 Å². The van der Waals surface area contributed by atoms with Gasteiger partial charge in [-0.1, -0.05) is 6.07 Å². The molecule has 0 saturated carbocycles. The van der Waals surface area contributed by atoms with Crippen molar-refractivity contribution in [3.63, 3.8) is 0 Å². The van der Waals surface area contributed by atoms with Gasteiger partial charge in [-0.15, -0.1) is 0 Å². The zero-order chi connectivity index (χ0) is 14.9. The highest BCUT2D eigenvalue weighted by Crippen LogP contribution is 2.22. The second-order valence-electron chi connectivity index (χ2n) is 4.48. The average molecular weight is 358 g/mol. The smallest absolute Gasteiger partial charge is 0.261 e. The van der Waals surface area contributed by atoms with E-state index in [9.17, 15) is 12.8 Å². The first-order valence-corrected chi connectivity index (χ1v) is 8.12. The molecule has 2 aromatic rings. The molecular formula is C14H13BrFNO2S. The molecule has 0 bridgehead atoms. The minimum Gasteiger partial charge on any atom is -0.280 e. The van der Waals surface area contributed by atoms with E-state index in [-0.39, 0.29) is 9.37 Å². The van der Waals surface area contributed by atoms with Gasteiger partial charge in [0.15, 0.2) is 0 Å². The Bertz CT molecular complexity index is 760. The summed E-state index contributed by atoms with van der Waals surface area (Å²) in [5.74, 6) is -0.618. The molecule has 0 spiro atoms. The Hall–Kier alpha value is -1.40. The molecule has 0 saturated heterocycles. The molecule has 3 nitrogen and oxygen atoms in total. The van der Waals surface area contributed by atoms with Crippen molar-refractivity contribution in [1.29, 1.82) is 0 Å². The topological polar surface area (TPSA) is 46.2 Å². The van der Waals surface area contributed by atoms with Gasteiger partial charge in [0.2, 0.25) is 0 Å². The lowest BCUT2D eigenvalue weighted by Crippen LogP contribution is -2.13. The number of hydrogen-bond donors (Lipinski definition) is 1. The maximum absolute atomic E-state index is 13.4. The van der Waals surface area contributed by atoms with Gasteiger partial charge >= 0.3 is 0 Å². The zero-order valence-corrected chi connectivity index (χ0v) is 13.3. The SMILES string of the molecule is Cc1ccc(NS(=O)(=O)c2ccc(Br)c(F)c2)cc1C. The van der Waals surface area contributed by atoms with Crippen molar-refractivity contribution in [2.24, 2.45) is 0 Å². The van der Waals surface area contributed by atoms with Crippen molar-refractivity contribution in [1.82, 2.24) is 0 Å². The summed E-state index contributed by atoms with van der Waals surface area (Å²) in [6.45, 7) is 3.84. The predicted octanol–water partition coefficient (Wildman–Crippen LogP) is 4.01. The lowest BCUT2D eigenvalue weighted by Gasteiger charge is -2.10. The Morgan fingerprint density at radius 1 is 1.05 bits per heavy atom. The Kier molecular flexibility index (Phi) is 4.15. The Labute approximate surface area is 126 Å². The van der Waals surface area contributed by atoms with Crippen LogP contribution in [0.25, 0.3) is 0 Å². The molecule has 0 aromatic heterocycles. The highest BCUT2D eigenvalue weighted by atomic mass is 79.9. The highest BCUT2D eigenvalue weighted by Gasteiger charge is 2.16. The van der Waals surface area contributed by atoms with Crippen LogP contribution in [0, 0.1) is 19.7 Å². The molecule has 1 N–H and O–H groups in total. The molecule has 20 heavy (non-hydrogen) atoms. The van der Waals surface area contributed by atoms with Crippen molar-refractivity contribution < 1.29 is 12.8 Å². The van der Waals surface area contributed by atoms with Gasteiger partial charge in [-0.2, -0.15) is 0 Å². The largest absolute Gasteiger partial charge is 0.280 e. The van der Waals surface area contributed by atoms with Crippen molar-refractivity contribution >= 4 is 31.6 Å². The highest BCUT2D eigenvalue weighted by molar-refractivity contribution is 9.10. The standard InChI is InChI=1S/C14H13BrFNO2S/c1-9-3-4-11(7-10(9)2)17-20(18,19)12-5-6-13(15)14(16)8-12/h3-8,17H,1-2H3. The number of halogens is 2. The van der Waals surface area contributed by atoms with Gasteiger partial charge in [-0.3, -0.25) is 4.72 Å². The molecule has 2 aromatic carbocycles. The molecule has 0 atom stereocenters. The van der Waals surface area contributed by atoms with Crippen molar-refractivity contribution in [3.8, 4) is 0 Å². The number of rotatable bonds is 3. The number of aryl methyl sites for hydroxylation is 2. The fourth-order valence-corrected chi connectivity index (χ4v) is 2.97. The first-order valence-electron chi connectivity index (χ1n) is 5.85. The summed E-state index contributed by atoms with van der Waals surface area (Å²) in [5.41, 5.74) is 2.51. The van der Waals surface area contributed by atoms with Crippen LogP contribution in [0.3, 0.4) is 0 Å². The molecular weight excluding hydrogens is 345 g/mol. The van der Waals surface area contributed by atoms with Crippen LogP contribution >= 0.6 is 15.9 Å². The summed E-state index contributed by atoms with van der Waals surface area (Å²) in [4.78, 5) is -0.114. The van der Waals surface area contributed by atoms with Crippen molar-refractivity contribution in [2.75, 3.05) is 4.72 Å². The molecule has 106 valence electrons. The molecule has 0 aliphatic rings. The molecule has 0 fully saturated rings. The summed E-state index contributed by atoms with van der Waals surface area (Å²) in [6.07, 6.45) is 0. The molecule has 0 radical (unpaired) electrons. The number of benzene rings is 2. The molecule has 0 aliphatic carbocycles. The molecule has 0 unspecified atom stereocenters. The van der Waals surface area contributed by atoms with Crippen LogP contribution in [0.5, 0.6) is 0 Å². The Morgan fingerprint density at radius 2 is 1.75 bits per heavy atom. The fourth-order valence-electron chi connectivity index (χ4n) is 1.66. The molecule has 0 heterocycles. The first-order chi connectivity index (χ1) is 9.29. The van der Waals surface area contributed by atoms with E-state index in [2.05, 4.69) is 20.7 Å². The predicted molar refractivity (Wildman–Crippen MR) is 80.8 cm³/mol. The second-order valence-corrected chi connectivity index (χ2v) is 7.02. The van der Waals surface area contributed by atoms with E-state index >= 15 is 0 Å². The Morgan fingerprint density at radius 3 is 2.35 bits per heavy atom. The molecule has 2 rings (SSSR count). The summed E-state index contributed by atoms with van der Waals surface area (Å²) in [6, 6.07) is 8.93. The molecule has 0 amide bonds. The quantitative estimate of drug-likeness (QED) is 0.901. The van der Waals surface area contributed by atoms with Crippen LogP contribution in [0.15, 0.2) is 45.8 Å². The van der Waals surface area contributed by atoms with Gasteiger partial charge in [0.05, 0.1) is 9.37 Å². The Balaban J connectivity index is 2.35. The summed E-state index contributed by atoms with van der Waals surface area (Å²) < 4.78 is 40.4. The lowest BCUT2D eigenvalue weighted by atomic mass is 10.1. The van der Waals surface area contributed by atoms with Crippen molar-refractivity contribution in [3.05, 3.63) is 57.8 Å². The minimum absolute atomic E-state index is 0.114. The maximum atomic E-state index is 13.4. The van der Waals surface area contributed by atoms with E-state index in [1.165, 1.54) is 12.1 Å². The summed E-state index contributed by atoms with van der Waals surface area (Å²) in [5, 5.41) is 0. The average Bonchev–Trinajstić information content (AvgIpc) is 2.37. The molecule has 6 heteroatoms. The van der Waals surface area contributed by atoms with Gasteiger partial charge in [-0.25, -0.2) is 12.8 Å². The van der Waals surface area contributed by atoms with Gasteiger partial charge in [0.1, 0.15) is 5.82 Å². The first kappa shape index (κ1) is 15.0. The van der Waals surface area contributed by atoms with Crippen LogP contribution in [0.1, 0.15) is 11.1 Å². The third kappa shape index (κ3) is 3.19. The van der Waals surface area contributed by atoms with Crippen molar-refractivity contribution in [2.45, 2.75) is 18.7 Å². The van der Waals surface area contributed by atoms with E-state index in [0.29, 0.717) is 5.69 Å². The minimum atomic E-state index is -3.79. The van der Waals surface area contributed by atoms with E-state index in [1.54, 1.807) is 12.1 Å². The maximum Gasteiger partial charge on any atom is 0.261 e. The third-order valence-electron chi connectivity index (χ3n) is 2.96. The van der Waals surface area contributed by atoms with Gasteiger partial charge < -0.3 is 0 Å². The normalized spacial score (nSPS) is 11.4. The third-order valence-corrected chi connectivity index (χ3v) is 4.98. The van der Waals surface area contributed by atoms with E-state index in [4.69, 9.17) is 0 Å². The van der Waals surface area contributed by atoms with E-state index < -0.39 is 15.8 Å². The second kappa shape index (κ2) is 5.54.